The molecule has 5 heteroatoms. The quantitative estimate of drug-likeness (QED) is 0.804. The smallest absolute Gasteiger partial charge is 0.255 e. The van der Waals surface area contributed by atoms with Crippen LogP contribution in [0.5, 0.6) is 0 Å². The molecule has 5 nitrogen and oxygen atoms in total. The van der Waals surface area contributed by atoms with Gasteiger partial charge in [-0.2, -0.15) is 5.10 Å². The Morgan fingerprint density at radius 2 is 2.05 bits per heavy atom. The number of rotatable bonds is 7. The fraction of sp³-hybridized carbons (Fsp3) is 0.733. The van der Waals surface area contributed by atoms with Crippen LogP contribution in [0.3, 0.4) is 0 Å². The average Bonchev–Trinajstić information content (AvgIpc) is 2.63. The second-order valence-corrected chi connectivity index (χ2v) is 5.75. The Hall–Kier alpha value is -1.36. The SMILES string of the molecule is CCCn1nc(C)c(C(=O)NC(CO)CC(C)C)c1C. The van der Waals surface area contributed by atoms with Crippen LogP contribution in [-0.2, 0) is 6.54 Å². The first kappa shape index (κ1) is 16.7. The normalized spacial score (nSPS) is 12.8. The van der Waals surface area contributed by atoms with Gasteiger partial charge in [0.2, 0.25) is 0 Å². The lowest BCUT2D eigenvalue weighted by Crippen LogP contribution is -2.38. The van der Waals surface area contributed by atoms with Crippen molar-refractivity contribution in [3.05, 3.63) is 17.0 Å². The molecule has 0 saturated heterocycles. The maximum Gasteiger partial charge on any atom is 0.255 e. The minimum atomic E-state index is -0.198. The van der Waals surface area contributed by atoms with E-state index in [1.165, 1.54) is 0 Å². The van der Waals surface area contributed by atoms with E-state index in [1.807, 2.05) is 18.5 Å². The molecule has 1 aromatic rings. The van der Waals surface area contributed by atoms with Gasteiger partial charge in [0.15, 0.2) is 0 Å². The molecule has 0 saturated carbocycles. The van der Waals surface area contributed by atoms with E-state index in [-0.39, 0.29) is 18.6 Å². The van der Waals surface area contributed by atoms with Crippen LogP contribution in [0, 0.1) is 19.8 Å². The monoisotopic (exact) mass is 281 g/mol. The van der Waals surface area contributed by atoms with E-state index in [9.17, 15) is 9.90 Å². The summed E-state index contributed by atoms with van der Waals surface area (Å²) in [4.78, 5) is 12.4. The van der Waals surface area contributed by atoms with E-state index in [4.69, 9.17) is 0 Å². The van der Waals surface area contributed by atoms with E-state index in [1.54, 1.807) is 0 Å². The summed E-state index contributed by atoms with van der Waals surface area (Å²) in [5, 5.41) is 16.7. The van der Waals surface area contributed by atoms with Gasteiger partial charge in [-0.25, -0.2) is 0 Å². The zero-order valence-corrected chi connectivity index (χ0v) is 13.2. The van der Waals surface area contributed by atoms with Crippen molar-refractivity contribution >= 4 is 5.91 Å². The zero-order valence-electron chi connectivity index (χ0n) is 13.2. The van der Waals surface area contributed by atoms with E-state index in [0.717, 1.165) is 30.8 Å². The molecule has 0 bridgehead atoms. The minimum absolute atomic E-state index is 0.0366. The third kappa shape index (κ3) is 4.07. The summed E-state index contributed by atoms with van der Waals surface area (Å²) in [6.45, 7) is 10.8. The number of aromatic nitrogens is 2. The average molecular weight is 281 g/mol. The molecule has 114 valence electrons. The lowest BCUT2D eigenvalue weighted by atomic mass is 10.0. The topological polar surface area (TPSA) is 67.2 Å². The summed E-state index contributed by atoms with van der Waals surface area (Å²) in [5.74, 6) is 0.291. The second kappa shape index (κ2) is 7.43. The molecule has 0 radical (unpaired) electrons. The van der Waals surface area contributed by atoms with Gasteiger partial charge in [0.25, 0.3) is 5.91 Å². The van der Waals surface area contributed by atoms with Crippen molar-refractivity contribution in [1.29, 1.82) is 0 Å². The number of aliphatic hydroxyl groups excluding tert-OH is 1. The summed E-state index contributed by atoms with van der Waals surface area (Å²) in [7, 11) is 0. The van der Waals surface area contributed by atoms with Gasteiger partial charge >= 0.3 is 0 Å². The Kier molecular flexibility index (Phi) is 6.20. The van der Waals surface area contributed by atoms with Crippen LogP contribution in [0.1, 0.15) is 55.4 Å². The van der Waals surface area contributed by atoms with E-state index in [2.05, 4.69) is 31.2 Å². The van der Waals surface area contributed by atoms with Crippen molar-refractivity contribution in [3.63, 3.8) is 0 Å². The number of hydrogen-bond donors (Lipinski definition) is 2. The third-order valence-corrected chi connectivity index (χ3v) is 3.36. The first-order valence-electron chi connectivity index (χ1n) is 7.36. The van der Waals surface area contributed by atoms with Crippen molar-refractivity contribution in [3.8, 4) is 0 Å². The van der Waals surface area contributed by atoms with Crippen molar-refractivity contribution in [1.82, 2.24) is 15.1 Å². The Morgan fingerprint density at radius 1 is 1.40 bits per heavy atom. The van der Waals surface area contributed by atoms with Crippen molar-refractivity contribution in [2.24, 2.45) is 5.92 Å². The summed E-state index contributed by atoms with van der Waals surface area (Å²) in [6.07, 6.45) is 1.75. The molecule has 20 heavy (non-hydrogen) atoms. The van der Waals surface area contributed by atoms with E-state index in [0.29, 0.717) is 11.5 Å². The van der Waals surface area contributed by atoms with Crippen molar-refractivity contribution in [2.45, 2.75) is 60.0 Å². The van der Waals surface area contributed by atoms with Crippen molar-refractivity contribution < 1.29 is 9.90 Å². The van der Waals surface area contributed by atoms with Gasteiger partial charge in [-0.1, -0.05) is 20.8 Å². The number of nitrogens with one attached hydrogen (secondary N) is 1. The number of amides is 1. The van der Waals surface area contributed by atoms with Gasteiger partial charge in [0.05, 0.1) is 23.9 Å². The van der Waals surface area contributed by atoms with Crippen LogP contribution in [0.4, 0.5) is 0 Å². The fourth-order valence-corrected chi connectivity index (χ4v) is 2.46. The molecule has 0 aliphatic heterocycles. The number of carbonyl (C=O) groups is 1. The number of aryl methyl sites for hydroxylation is 2. The molecule has 0 aliphatic carbocycles. The highest BCUT2D eigenvalue weighted by atomic mass is 16.3. The van der Waals surface area contributed by atoms with Gasteiger partial charge in [-0.15, -0.1) is 0 Å². The molecule has 1 rings (SSSR count). The molecule has 1 unspecified atom stereocenters. The summed E-state index contributed by atoms with van der Waals surface area (Å²) in [6, 6.07) is -0.198. The lowest BCUT2D eigenvalue weighted by molar-refractivity contribution is 0.0907. The largest absolute Gasteiger partial charge is 0.394 e. The fourth-order valence-electron chi connectivity index (χ4n) is 2.46. The number of aliphatic hydroxyl groups is 1. The Balaban J connectivity index is 2.86. The molecule has 1 atom stereocenters. The van der Waals surface area contributed by atoms with Gasteiger partial charge < -0.3 is 10.4 Å². The molecule has 1 amide bonds. The van der Waals surface area contributed by atoms with Crippen molar-refractivity contribution in [2.75, 3.05) is 6.61 Å². The highest BCUT2D eigenvalue weighted by molar-refractivity contribution is 5.96. The van der Waals surface area contributed by atoms with Crippen LogP contribution in [0.25, 0.3) is 0 Å². The third-order valence-electron chi connectivity index (χ3n) is 3.36. The predicted molar refractivity (Wildman–Crippen MR) is 79.8 cm³/mol. The summed E-state index contributed by atoms with van der Waals surface area (Å²) in [5.41, 5.74) is 2.28. The molecule has 0 fully saturated rings. The minimum Gasteiger partial charge on any atom is -0.394 e. The van der Waals surface area contributed by atoms with E-state index >= 15 is 0 Å². The van der Waals surface area contributed by atoms with Gasteiger partial charge in [0.1, 0.15) is 0 Å². The first-order valence-corrected chi connectivity index (χ1v) is 7.36. The molecule has 0 aliphatic rings. The molecule has 1 heterocycles. The van der Waals surface area contributed by atoms with Gasteiger partial charge in [0, 0.05) is 12.2 Å². The first-order chi connectivity index (χ1) is 9.40. The Labute approximate surface area is 121 Å². The number of hydrogen-bond acceptors (Lipinski definition) is 3. The number of nitrogens with zero attached hydrogens (tertiary/aromatic N) is 2. The maximum absolute atomic E-state index is 12.4. The molecular weight excluding hydrogens is 254 g/mol. The molecule has 0 aromatic carbocycles. The standard InChI is InChI=1S/C15H27N3O2/c1-6-7-18-12(5)14(11(4)17-18)15(20)16-13(9-19)8-10(2)3/h10,13,19H,6-9H2,1-5H3,(H,16,20). The van der Waals surface area contributed by atoms with Gasteiger partial charge in [-0.05, 0) is 32.6 Å². The summed E-state index contributed by atoms with van der Waals surface area (Å²) < 4.78 is 1.88. The molecule has 2 N–H and O–H groups in total. The predicted octanol–water partition coefficient (Wildman–Crippen LogP) is 2.05. The molecule has 0 spiro atoms. The van der Waals surface area contributed by atoms with Crippen LogP contribution >= 0.6 is 0 Å². The van der Waals surface area contributed by atoms with Crippen LogP contribution in [-0.4, -0.2) is 33.4 Å². The maximum atomic E-state index is 12.4. The molecular formula is C15H27N3O2. The van der Waals surface area contributed by atoms with Crippen LogP contribution in [0.2, 0.25) is 0 Å². The Bertz CT molecular complexity index is 452. The zero-order chi connectivity index (χ0) is 15.3. The highest BCUT2D eigenvalue weighted by Gasteiger charge is 2.21. The second-order valence-electron chi connectivity index (χ2n) is 5.75. The highest BCUT2D eigenvalue weighted by Crippen LogP contribution is 2.14. The van der Waals surface area contributed by atoms with Crippen LogP contribution in [0.15, 0.2) is 0 Å². The summed E-state index contributed by atoms with van der Waals surface area (Å²) >= 11 is 0. The van der Waals surface area contributed by atoms with Gasteiger partial charge in [-0.3, -0.25) is 9.48 Å². The van der Waals surface area contributed by atoms with E-state index < -0.39 is 0 Å². The van der Waals surface area contributed by atoms with Crippen LogP contribution < -0.4 is 5.32 Å². The lowest BCUT2D eigenvalue weighted by Gasteiger charge is -2.18. The number of carbonyl (C=O) groups excluding carboxylic acids is 1. The molecule has 1 aromatic heterocycles. The Morgan fingerprint density at radius 3 is 2.55 bits per heavy atom.